The Hall–Kier alpha value is -1.44. The van der Waals surface area contributed by atoms with Gasteiger partial charge < -0.3 is 4.74 Å². The Bertz CT molecular complexity index is 800. The normalized spacial score (nSPS) is 22.2. The van der Waals surface area contributed by atoms with Crippen LogP contribution in [0.4, 0.5) is 0 Å². The summed E-state index contributed by atoms with van der Waals surface area (Å²) in [5.74, 6) is -0.793. The molecule has 0 unspecified atom stereocenters. The van der Waals surface area contributed by atoms with Gasteiger partial charge in [0.2, 0.25) is 10.0 Å². The molecule has 0 N–H and O–H groups in total. The molecule has 0 bridgehead atoms. The maximum Gasteiger partial charge on any atom is 0.338 e. The molecular weight excluding hydrogens is 378 g/mol. The molecule has 0 radical (unpaired) electrons. The molecule has 2 fully saturated rings. The predicted molar refractivity (Wildman–Crippen MR) is 96.7 cm³/mol. The molecule has 6 nitrogen and oxygen atoms in total. The Labute approximate surface area is 158 Å². The van der Waals surface area contributed by atoms with E-state index in [0.29, 0.717) is 32.4 Å². The number of rotatable bonds is 4. The smallest absolute Gasteiger partial charge is 0.338 e. The average molecular weight is 400 g/mol. The van der Waals surface area contributed by atoms with Crippen LogP contribution in [0.25, 0.3) is 0 Å². The first kappa shape index (κ1) is 19.3. The summed E-state index contributed by atoms with van der Waals surface area (Å²) in [6.45, 7) is 0.897. The van der Waals surface area contributed by atoms with Gasteiger partial charge in [0.15, 0.2) is 11.9 Å². The Balaban J connectivity index is 1.84. The number of halogens is 1. The molecule has 0 aromatic heterocycles. The number of hydrogen-bond acceptors (Lipinski definition) is 5. The van der Waals surface area contributed by atoms with E-state index in [1.54, 1.807) is 0 Å². The Morgan fingerprint density at radius 2 is 1.81 bits per heavy atom. The molecule has 3 rings (SSSR count). The number of sulfonamides is 1. The summed E-state index contributed by atoms with van der Waals surface area (Å²) in [4.78, 5) is 23.9. The van der Waals surface area contributed by atoms with E-state index in [2.05, 4.69) is 0 Å². The van der Waals surface area contributed by atoms with Crippen molar-refractivity contribution in [3.8, 4) is 0 Å². The zero-order valence-corrected chi connectivity index (χ0v) is 16.0. The van der Waals surface area contributed by atoms with Crippen LogP contribution >= 0.6 is 11.6 Å². The highest BCUT2D eigenvalue weighted by Gasteiger charge is 2.31. The second-order valence-corrected chi connectivity index (χ2v) is 9.03. The summed E-state index contributed by atoms with van der Waals surface area (Å²) < 4.78 is 32.6. The van der Waals surface area contributed by atoms with Gasteiger partial charge in [-0.15, -0.1) is 0 Å². The van der Waals surface area contributed by atoms with E-state index in [-0.39, 0.29) is 21.3 Å². The second kappa shape index (κ2) is 8.06. The molecule has 2 aliphatic rings. The minimum Gasteiger partial charge on any atom is -0.451 e. The lowest BCUT2D eigenvalue weighted by Gasteiger charge is -2.21. The Kier molecular flexibility index (Phi) is 5.99. The Morgan fingerprint density at radius 1 is 1.12 bits per heavy atom. The minimum atomic E-state index is -3.78. The van der Waals surface area contributed by atoms with Crippen LogP contribution in [-0.4, -0.2) is 43.7 Å². The van der Waals surface area contributed by atoms with E-state index < -0.39 is 22.1 Å². The zero-order chi connectivity index (χ0) is 18.7. The number of nitrogens with zero attached hydrogens (tertiary/aromatic N) is 1. The standard InChI is InChI=1S/C18H22ClNO5S/c19-14-9-8-13(18(22)25-16-7-5-6-15(16)21)12-17(14)26(23,24)20-10-3-1-2-4-11-20/h8-9,12,16H,1-7,10-11H2/t16-/m0/s1. The molecule has 1 aromatic rings. The average Bonchev–Trinajstić information content (AvgIpc) is 2.86. The molecule has 1 aromatic carbocycles. The predicted octanol–water partition coefficient (Wildman–Crippen LogP) is 3.18. The molecule has 26 heavy (non-hydrogen) atoms. The first-order chi connectivity index (χ1) is 12.4. The van der Waals surface area contributed by atoms with Crippen LogP contribution in [-0.2, 0) is 19.6 Å². The highest BCUT2D eigenvalue weighted by molar-refractivity contribution is 7.89. The Morgan fingerprint density at radius 3 is 2.42 bits per heavy atom. The van der Waals surface area contributed by atoms with E-state index in [1.165, 1.54) is 22.5 Å². The van der Waals surface area contributed by atoms with E-state index in [1.807, 2.05) is 0 Å². The van der Waals surface area contributed by atoms with Crippen LogP contribution in [0.5, 0.6) is 0 Å². The summed E-state index contributed by atoms with van der Waals surface area (Å²) >= 11 is 6.13. The van der Waals surface area contributed by atoms with Crippen LogP contribution in [0.15, 0.2) is 23.1 Å². The van der Waals surface area contributed by atoms with Gasteiger partial charge >= 0.3 is 5.97 Å². The van der Waals surface area contributed by atoms with Gasteiger partial charge in [0, 0.05) is 19.5 Å². The second-order valence-electron chi connectivity index (χ2n) is 6.72. The highest BCUT2D eigenvalue weighted by Crippen LogP contribution is 2.28. The molecule has 8 heteroatoms. The van der Waals surface area contributed by atoms with Gasteiger partial charge in [0.1, 0.15) is 4.90 Å². The van der Waals surface area contributed by atoms with E-state index in [9.17, 15) is 18.0 Å². The number of carbonyl (C=O) groups is 2. The third kappa shape index (κ3) is 4.10. The van der Waals surface area contributed by atoms with Crippen molar-refractivity contribution in [2.45, 2.75) is 55.9 Å². The summed E-state index contributed by atoms with van der Waals surface area (Å²) in [7, 11) is -3.78. The summed E-state index contributed by atoms with van der Waals surface area (Å²) in [6.07, 6.45) is 4.51. The number of ketones is 1. The van der Waals surface area contributed by atoms with Crippen molar-refractivity contribution < 1.29 is 22.7 Å². The maximum atomic E-state index is 13.0. The summed E-state index contributed by atoms with van der Waals surface area (Å²) in [5.41, 5.74) is 0.0856. The molecule has 1 atom stereocenters. The number of hydrogen-bond donors (Lipinski definition) is 0. The molecule has 1 heterocycles. The monoisotopic (exact) mass is 399 g/mol. The topological polar surface area (TPSA) is 80.8 Å². The first-order valence-electron chi connectivity index (χ1n) is 8.93. The van der Waals surface area contributed by atoms with E-state index >= 15 is 0 Å². The molecule has 142 valence electrons. The van der Waals surface area contributed by atoms with Gasteiger partial charge in [0.05, 0.1) is 10.6 Å². The SMILES string of the molecule is O=C(O[C@H]1CCCC1=O)c1ccc(Cl)c(S(=O)(=O)N2CCCCCC2)c1. The number of Topliss-reactive ketones (excluding diaryl/α,β-unsaturated/α-hetero) is 1. The van der Waals surface area contributed by atoms with Crippen LogP contribution < -0.4 is 0 Å². The molecule has 0 amide bonds. The van der Waals surface area contributed by atoms with Gasteiger partial charge in [-0.3, -0.25) is 4.79 Å². The minimum absolute atomic E-state index is 0.0720. The third-order valence-corrected chi connectivity index (χ3v) is 7.23. The number of esters is 1. The van der Waals surface area contributed by atoms with Gasteiger partial charge in [-0.05, 0) is 43.9 Å². The van der Waals surface area contributed by atoms with Gasteiger partial charge in [-0.1, -0.05) is 24.4 Å². The third-order valence-electron chi connectivity index (χ3n) is 4.85. The lowest BCUT2D eigenvalue weighted by molar-refractivity contribution is -0.124. The zero-order valence-electron chi connectivity index (χ0n) is 14.4. The fourth-order valence-electron chi connectivity index (χ4n) is 3.35. The fraction of sp³-hybridized carbons (Fsp3) is 0.556. The summed E-state index contributed by atoms with van der Waals surface area (Å²) in [5, 5.41) is 0.0720. The van der Waals surface area contributed by atoms with Crippen molar-refractivity contribution in [3.05, 3.63) is 28.8 Å². The lowest BCUT2D eigenvalue weighted by Crippen LogP contribution is -2.32. The van der Waals surface area contributed by atoms with Crippen LogP contribution in [0.1, 0.15) is 55.3 Å². The highest BCUT2D eigenvalue weighted by atomic mass is 35.5. The molecule has 1 saturated heterocycles. The van der Waals surface area contributed by atoms with Crippen molar-refractivity contribution in [2.75, 3.05) is 13.1 Å². The van der Waals surface area contributed by atoms with Crippen molar-refractivity contribution in [3.63, 3.8) is 0 Å². The number of ether oxygens (including phenoxy) is 1. The van der Waals surface area contributed by atoms with E-state index in [4.69, 9.17) is 16.3 Å². The number of carbonyl (C=O) groups excluding carboxylic acids is 2. The van der Waals surface area contributed by atoms with Crippen molar-refractivity contribution in [2.24, 2.45) is 0 Å². The largest absolute Gasteiger partial charge is 0.451 e. The molecular formula is C18H22ClNO5S. The summed E-state index contributed by atoms with van der Waals surface area (Å²) in [6, 6.07) is 4.06. The van der Waals surface area contributed by atoms with E-state index in [0.717, 1.165) is 25.7 Å². The van der Waals surface area contributed by atoms with Crippen LogP contribution in [0, 0.1) is 0 Å². The fourth-order valence-corrected chi connectivity index (χ4v) is 5.37. The van der Waals surface area contributed by atoms with Crippen LogP contribution in [0.2, 0.25) is 5.02 Å². The maximum absolute atomic E-state index is 13.0. The van der Waals surface area contributed by atoms with Crippen molar-refractivity contribution >= 4 is 33.4 Å². The molecule has 1 aliphatic carbocycles. The quantitative estimate of drug-likeness (QED) is 0.726. The molecule has 1 saturated carbocycles. The number of benzene rings is 1. The van der Waals surface area contributed by atoms with Gasteiger partial charge in [-0.2, -0.15) is 4.31 Å². The first-order valence-corrected chi connectivity index (χ1v) is 10.7. The lowest BCUT2D eigenvalue weighted by atomic mass is 10.2. The van der Waals surface area contributed by atoms with Gasteiger partial charge in [0.25, 0.3) is 0 Å². The van der Waals surface area contributed by atoms with Gasteiger partial charge in [-0.25, -0.2) is 13.2 Å². The van der Waals surface area contributed by atoms with Crippen LogP contribution in [0.3, 0.4) is 0 Å². The van der Waals surface area contributed by atoms with Crippen molar-refractivity contribution in [1.82, 2.24) is 4.31 Å². The van der Waals surface area contributed by atoms with Crippen molar-refractivity contribution in [1.29, 1.82) is 0 Å². The molecule has 0 spiro atoms. The molecule has 1 aliphatic heterocycles.